The van der Waals surface area contributed by atoms with Crippen LogP contribution in [-0.2, 0) is 17.8 Å². The van der Waals surface area contributed by atoms with E-state index in [1.165, 1.54) is 11.1 Å². The Morgan fingerprint density at radius 3 is 3.17 bits per heavy atom. The van der Waals surface area contributed by atoms with Gasteiger partial charge in [-0.1, -0.05) is 23.7 Å². The van der Waals surface area contributed by atoms with Crippen LogP contribution in [0.4, 0.5) is 0 Å². The second kappa shape index (κ2) is 7.93. The van der Waals surface area contributed by atoms with Gasteiger partial charge in [0.2, 0.25) is 0 Å². The molecular formula is C17H23ClN4O. The van der Waals surface area contributed by atoms with Crippen LogP contribution in [0.3, 0.4) is 0 Å². The molecule has 0 aliphatic carbocycles. The highest BCUT2D eigenvalue weighted by molar-refractivity contribution is 6.30. The molecule has 1 saturated heterocycles. The Labute approximate surface area is 142 Å². The van der Waals surface area contributed by atoms with Gasteiger partial charge in [0, 0.05) is 56.1 Å². The molecule has 5 nitrogen and oxygen atoms in total. The zero-order chi connectivity index (χ0) is 16.1. The van der Waals surface area contributed by atoms with Gasteiger partial charge in [-0.2, -0.15) is 5.10 Å². The van der Waals surface area contributed by atoms with Gasteiger partial charge in [0.25, 0.3) is 0 Å². The number of halogens is 1. The third-order valence-corrected chi connectivity index (χ3v) is 4.42. The maximum absolute atomic E-state index is 6.16. The van der Waals surface area contributed by atoms with E-state index in [-0.39, 0.29) is 0 Å². The molecule has 1 N–H and O–H groups in total. The Bertz CT molecular complexity index is 631. The van der Waals surface area contributed by atoms with Crippen LogP contribution < -0.4 is 5.32 Å². The van der Waals surface area contributed by atoms with Crippen molar-refractivity contribution in [2.24, 2.45) is 0 Å². The quantitative estimate of drug-likeness (QED) is 0.880. The maximum Gasteiger partial charge on any atom is 0.0658 e. The minimum Gasteiger partial charge on any atom is -0.383 e. The van der Waals surface area contributed by atoms with Gasteiger partial charge in [0.05, 0.1) is 19.3 Å². The Morgan fingerprint density at radius 2 is 2.35 bits per heavy atom. The summed E-state index contributed by atoms with van der Waals surface area (Å²) >= 11 is 6.16. The second-order valence-corrected chi connectivity index (χ2v) is 6.29. The van der Waals surface area contributed by atoms with Crippen molar-refractivity contribution in [3.8, 4) is 0 Å². The summed E-state index contributed by atoms with van der Waals surface area (Å²) in [5, 5.41) is 8.68. The number of piperazine rings is 1. The lowest BCUT2D eigenvalue weighted by atomic mass is 10.0. The van der Waals surface area contributed by atoms with Crippen LogP contribution in [0, 0.1) is 0 Å². The van der Waals surface area contributed by atoms with Crippen LogP contribution in [0.25, 0.3) is 0 Å². The normalized spacial score (nSPS) is 19.1. The van der Waals surface area contributed by atoms with Crippen molar-refractivity contribution in [2.75, 3.05) is 33.4 Å². The molecule has 1 aliphatic rings. The fraction of sp³-hybridized carbons (Fsp3) is 0.471. The number of methoxy groups -OCH3 is 1. The third-order valence-electron chi connectivity index (χ3n) is 4.18. The van der Waals surface area contributed by atoms with E-state index >= 15 is 0 Å². The van der Waals surface area contributed by atoms with E-state index in [2.05, 4.69) is 33.6 Å². The Balaban J connectivity index is 1.70. The summed E-state index contributed by atoms with van der Waals surface area (Å²) in [6, 6.07) is 8.50. The SMILES string of the molecule is COCCn1cc(CN2CCNCC2c2cccc(Cl)c2)cn1. The van der Waals surface area contributed by atoms with Crippen LogP contribution in [-0.4, -0.2) is 48.0 Å². The van der Waals surface area contributed by atoms with E-state index < -0.39 is 0 Å². The summed E-state index contributed by atoms with van der Waals surface area (Å²) in [5.74, 6) is 0. The number of hydrogen-bond acceptors (Lipinski definition) is 4. The molecule has 1 fully saturated rings. The van der Waals surface area contributed by atoms with Gasteiger partial charge >= 0.3 is 0 Å². The first-order valence-electron chi connectivity index (χ1n) is 7.97. The van der Waals surface area contributed by atoms with Crippen LogP contribution >= 0.6 is 11.6 Å². The predicted molar refractivity (Wildman–Crippen MR) is 91.6 cm³/mol. The number of aromatic nitrogens is 2. The van der Waals surface area contributed by atoms with Crippen LogP contribution in [0.5, 0.6) is 0 Å². The molecule has 0 spiro atoms. The van der Waals surface area contributed by atoms with Gasteiger partial charge in [-0.3, -0.25) is 9.58 Å². The molecule has 0 bridgehead atoms. The van der Waals surface area contributed by atoms with Gasteiger partial charge in [-0.25, -0.2) is 0 Å². The van der Waals surface area contributed by atoms with Crippen molar-refractivity contribution in [3.05, 3.63) is 52.8 Å². The van der Waals surface area contributed by atoms with E-state index in [0.717, 1.165) is 37.7 Å². The average Bonchev–Trinajstić information content (AvgIpc) is 3.01. The van der Waals surface area contributed by atoms with Gasteiger partial charge in [-0.05, 0) is 17.7 Å². The third kappa shape index (κ3) is 4.32. The molecule has 3 rings (SSSR count). The lowest BCUT2D eigenvalue weighted by Gasteiger charge is -2.36. The Hall–Kier alpha value is -1.40. The molecule has 1 aromatic heterocycles. The lowest BCUT2D eigenvalue weighted by Crippen LogP contribution is -2.45. The first-order chi connectivity index (χ1) is 11.3. The van der Waals surface area contributed by atoms with Crippen molar-refractivity contribution in [3.63, 3.8) is 0 Å². The summed E-state index contributed by atoms with van der Waals surface area (Å²) in [4.78, 5) is 2.49. The molecule has 0 radical (unpaired) electrons. The molecule has 2 heterocycles. The van der Waals surface area contributed by atoms with Gasteiger partial charge in [-0.15, -0.1) is 0 Å². The first kappa shape index (κ1) is 16.5. The highest BCUT2D eigenvalue weighted by Gasteiger charge is 2.24. The van der Waals surface area contributed by atoms with Crippen molar-refractivity contribution in [1.82, 2.24) is 20.0 Å². The zero-order valence-corrected chi connectivity index (χ0v) is 14.2. The molecule has 1 aromatic carbocycles. The standard InChI is InChI=1S/C17H23ClN4O/c1-23-8-7-22-13-14(10-20-22)12-21-6-5-19-11-17(21)15-3-2-4-16(18)9-15/h2-4,9-10,13,17,19H,5-8,11-12H2,1H3. The number of rotatable bonds is 6. The average molecular weight is 335 g/mol. The van der Waals surface area contributed by atoms with Crippen LogP contribution in [0.15, 0.2) is 36.7 Å². The lowest BCUT2D eigenvalue weighted by molar-refractivity contribution is 0.153. The summed E-state index contributed by atoms with van der Waals surface area (Å²) in [6.45, 7) is 5.33. The number of nitrogens with zero attached hydrogens (tertiary/aromatic N) is 3. The first-order valence-corrected chi connectivity index (χ1v) is 8.34. The zero-order valence-electron chi connectivity index (χ0n) is 13.4. The van der Waals surface area contributed by atoms with Crippen molar-refractivity contribution >= 4 is 11.6 Å². The fourth-order valence-corrected chi connectivity index (χ4v) is 3.21. The summed E-state index contributed by atoms with van der Waals surface area (Å²) < 4.78 is 7.04. The van der Waals surface area contributed by atoms with Gasteiger partial charge < -0.3 is 10.1 Å². The summed E-state index contributed by atoms with van der Waals surface area (Å²) in [7, 11) is 1.71. The van der Waals surface area contributed by atoms with Crippen molar-refractivity contribution < 1.29 is 4.74 Å². The van der Waals surface area contributed by atoms with Crippen molar-refractivity contribution in [2.45, 2.75) is 19.1 Å². The maximum atomic E-state index is 6.16. The molecule has 1 aliphatic heterocycles. The number of hydrogen-bond donors (Lipinski definition) is 1. The molecule has 6 heteroatoms. The molecule has 0 amide bonds. The van der Waals surface area contributed by atoms with E-state index in [9.17, 15) is 0 Å². The van der Waals surface area contributed by atoms with Crippen molar-refractivity contribution in [1.29, 1.82) is 0 Å². The molecule has 0 saturated carbocycles. The number of ether oxygens (including phenoxy) is 1. The highest BCUT2D eigenvalue weighted by Crippen LogP contribution is 2.26. The minimum absolute atomic E-state index is 0.338. The molecule has 2 aromatic rings. The number of nitrogens with one attached hydrogen (secondary N) is 1. The molecule has 23 heavy (non-hydrogen) atoms. The Kier molecular flexibility index (Phi) is 5.67. The van der Waals surface area contributed by atoms with Gasteiger partial charge in [0.15, 0.2) is 0 Å². The molecule has 1 atom stereocenters. The second-order valence-electron chi connectivity index (χ2n) is 5.85. The van der Waals surface area contributed by atoms with E-state index in [1.807, 2.05) is 23.0 Å². The van der Waals surface area contributed by atoms with E-state index in [0.29, 0.717) is 12.6 Å². The molecule has 1 unspecified atom stereocenters. The van der Waals surface area contributed by atoms with Crippen LogP contribution in [0.2, 0.25) is 5.02 Å². The smallest absolute Gasteiger partial charge is 0.0658 e. The topological polar surface area (TPSA) is 42.3 Å². The van der Waals surface area contributed by atoms with Crippen LogP contribution in [0.1, 0.15) is 17.2 Å². The molecule has 124 valence electrons. The fourth-order valence-electron chi connectivity index (χ4n) is 3.01. The Morgan fingerprint density at radius 1 is 1.43 bits per heavy atom. The predicted octanol–water partition coefficient (Wildman–Crippen LogP) is 2.33. The monoisotopic (exact) mass is 334 g/mol. The van der Waals surface area contributed by atoms with Gasteiger partial charge in [0.1, 0.15) is 0 Å². The van der Waals surface area contributed by atoms with E-state index in [1.54, 1.807) is 7.11 Å². The minimum atomic E-state index is 0.338. The number of benzene rings is 1. The van der Waals surface area contributed by atoms with E-state index in [4.69, 9.17) is 16.3 Å². The largest absolute Gasteiger partial charge is 0.383 e. The summed E-state index contributed by atoms with van der Waals surface area (Å²) in [5.41, 5.74) is 2.49. The molecular weight excluding hydrogens is 312 g/mol. The highest BCUT2D eigenvalue weighted by atomic mass is 35.5. The summed E-state index contributed by atoms with van der Waals surface area (Å²) in [6.07, 6.45) is 4.06.